The number of rotatable bonds is 6. The van der Waals surface area contributed by atoms with E-state index in [0.29, 0.717) is 13.0 Å². The third kappa shape index (κ3) is 3.43. The summed E-state index contributed by atoms with van der Waals surface area (Å²) in [5.41, 5.74) is 2.53. The maximum absolute atomic E-state index is 10.1. The van der Waals surface area contributed by atoms with E-state index >= 15 is 0 Å². The van der Waals surface area contributed by atoms with Crippen LogP contribution in [0.3, 0.4) is 0 Å². The van der Waals surface area contributed by atoms with Crippen LogP contribution in [0.25, 0.3) is 17.0 Å². The lowest BCUT2D eigenvalue weighted by Gasteiger charge is -2.11. The fraction of sp³-hybridized carbons (Fsp3) is 0.100. The number of aromatic nitrogens is 1. The number of allylic oxidation sites excluding steroid dienone is 1. The number of nitrogens with zero attached hydrogens (tertiary/aromatic N) is 1. The first kappa shape index (κ1) is 15.7. The van der Waals surface area contributed by atoms with Crippen molar-refractivity contribution in [2.24, 2.45) is 0 Å². The molecule has 1 aromatic heterocycles. The normalized spacial score (nSPS) is 11.0. The van der Waals surface area contributed by atoms with Gasteiger partial charge in [0.05, 0.1) is 6.61 Å². The summed E-state index contributed by atoms with van der Waals surface area (Å²) in [6.45, 7) is 0.429. The average molecular weight is 318 g/mol. The second kappa shape index (κ2) is 7.42. The largest absolute Gasteiger partial charge is 0.508 e. The molecule has 24 heavy (non-hydrogen) atoms. The summed E-state index contributed by atoms with van der Waals surface area (Å²) in [7, 11) is 0. The number of para-hydroxylation sites is 1. The van der Waals surface area contributed by atoms with Crippen molar-refractivity contribution in [3.8, 4) is 11.5 Å². The topological polar surface area (TPSA) is 66.2 Å². The summed E-state index contributed by atoms with van der Waals surface area (Å²) < 4.78 is 5.90. The summed E-state index contributed by atoms with van der Waals surface area (Å²) in [5.74, 6) is 0.974. The quantitative estimate of drug-likeness (QED) is 0.669. The molecule has 0 spiro atoms. The Morgan fingerprint density at radius 3 is 2.79 bits per heavy atom. The fourth-order valence-corrected chi connectivity index (χ4v) is 2.63. The lowest BCUT2D eigenvalue weighted by atomic mass is 10.0. The van der Waals surface area contributed by atoms with Crippen LogP contribution in [0.5, 0.6) is 11.5 Å². The highest BCUT2D eigenvalue weighted by molar-refractivity contribution is 5.84. The van der Waals surface area contributed by atoms with Crippen LogP contribution < -0.4 is 4.74 Å². The molecule has 0 unspecified atom stereocenters. The van der Waals surface area contributed by atoms with Crippen LogP contribution >= 0.6 is 0 Å². The summed E-state index contributed by atoms with van der Waals surface area (Å²) in [5, 5.41) is 18.2. The third-order valence-corrected chi connectivity index (χ3v) is 3.76. The standard InChI is InChI=1S/C20H18N2O2/c21-12-3-7-15-5-1-9-18(23)17(15)11-14-24-19-10-2-6-16-8-4-13-22-20(16)19/h1-10,12-13,21,23H,11,14H2/b7-3-,21-12?. The molecule has 0 aliphatic rings. The van der Waals surface area contributed by atoms with Gasteiger partial charge in [0.25, 0.3) is 0 Å². The van der Waals surface area contributed by atoms with E-state index in [0.717, 1.165) is 27.8 Å². The predicted molar refractivity (Wildman–Crippen MR) is 96.9 cm³/mol. The molecule has 0 radical (unpaired) electrons. The van der Waals surface area contributed by atoms with Gasteiger partial charge in [-0.1, -0.05) is 36.4 Å². The lowest BCUT2D eigenvalue weighted by molar-refractivity contribution is 0.322. The highest BCUT2D eigenvalue weighted by atomic mass is 16.5. The molecular formula is C20H18N2O2. The fourth-order valence-electron chi connectivity index (χ4n) is 2.63. The zero-order valence-electron chi connectivity index (χ0n) is 13.1. The van der Waals surface area contributed by atoms with Crippen molar-refractivity contribution >= 4 is 23.2 Å². The van der Waals surface area contributed by atoms with Gasteiger partial charge in [0.2, 0.25) is 0 Å². The minimum atomic E-state index is 0.238. The van der Waals surface area contributed by atoms with E-state index in [2.05, 4.69) is 4.98 Å². The molecule has 0 saturated carbocycles. The number of aromatic hydroxyl groups is 1. The molecule has 0 aliphatic carbocycles. The van der Waals surface area contributed by atoms with E-state index < -0.39 is 0 Å². The van der Waals surface area contributed by atoms with Crippen LogP contribution in [0, 0.1) is 5.41 Å². The van der Waals surface area contributed by atoms with Gasteiger partial charge >= 0.3 is 0 Å². The van der Waals surface area contributed by atoms with Gasteiger partial charge < -0.3 is 15.3 Å². The summed E-state index contributed by atoms with van der Waals surface area (Å²) in [6.07, 6.45) is 6.97. The molecule has 0 atom stereocenters. The van der Waals surface area contributed by atoms with Crippen molar-refractivity contribution in [2.45, 2.75) is 6.42 Å². The molecule has 4 heteroatoms. The van der Waals surface area contributed by atoms with Crippen LogP contribution in [-0.2, 0) is 6.42 Å². The van der Waals surface area contributed by atoms with Gasteiger partial charge in [-0.3, -0.25) is 4.98 Å². The minimum absolute atomic E-state index is 0.238. The van der Waals surface area contributed by atoms with Crippen LogP contribution in [0.2, 0.25) is 0 Å². The van der Waals surface area contributed by atoms with E-state index in [1.165, 1.54) is 6.21 Å². The van der Waals surface area contributed by atoms with Crippen molar-refractivity contribution in [3.63, 3.8) is 0 Å². The molecule has 0 saturated heterocycles. The molecule has 4 nitrogen and oxygen atoms in total. The number of phenols is 1. The van der Waals surface area contributed by atoms with Crippen molar-refractivity contribution in [1.29, 1.82) is 5.41 Å². The van der Waals surface area contributed by atoms with Gasteiger partial charge in [-0.15, -0.1) is 0 Å². The van der Waals surface area contributed by atoms with E-state index in [4.69, 9.17) is 10.1 Å². The van der Waals surface area contributed by atoms with Crippen LogP contribution in [0.15, 0.2) is 60.8 Å². The minimum Gasteiger partial charge on any atom is -0.508 e. The van der Waals surface area contributed by atoms with Gasteiger partial charge in [0, 0.05) is 29.8 Å². The monoisotopic (exact) mass is 318 g/mol. The second-order valence-corrected chi connectivity index (χ2v) is 5.30. The van der Waals surface area contributed by atoms with E-state index in [1.807, 2.05) is 42.5 Å². The molecule has 0 amide bonds. The van der Waals surface area contributed by atoms with E-state index in [9.17, 15) is 5.11 Å². The Morgan fingerprint density at radius 1 is 1.08 bits per heavy atom. The van der Waals surface area contributed by atoms with Gasteiger partial charge in [-0.25, -0.2) is 0 Å². The van der Waals surface area contributed by atoms with Crippen LogP contribution in [0.4, 0.5) is 0 Å². The van der Waals surface area contributed by atoms with Crippen molar-refractivity contribution < 1.29 is 9.84 Å². The Labute approximate surface area is 140 Å². The SMILES string of the molecule is N=C/C=C\c1cccc(O)c1CCOc1cccc2cccnc12. The van der Waals surface area contributed by atoms with E-state index in [-0.39, 0.29) is 5.75 Å². The van der Waals surface area contributed by atoms with E-state index in [1.54, 1.807) is 24.4 Å². The van der Waals surface area contributed by atoms with Crippen LogP contribution in [0.1, 0.15) is 11.1 Å². The number of ether oxygens (including phenoxy) is 1. The molecule has 3 aromatic rings. The molecule has 0 fully saturated rings. The number of nitrogens with one attached hydrogen (secondary N) is 1. The molecule has 0 aliphatic heterocycles. The molecule has 120 valence electrons. The predicted octanol–water partition coefficient (Wildman–Crippen LogP) is 4.22. The Kier molecular flexibility index (Phi) is 4.87. The Balaban J connectivity index is 1.77. The number of pyridine rings is 1. The molecule has 3 rings (SSSR count). The lowest BCUT2D eigenvalue weighted by Crippen LogP contribution is -2.04. The number of hydrogen-bond donors (Lipinski definition) is 2. The molecule has 0 bridgehead atoms. The zero-order valence-corrected chi connectivity index (χ0v) is 13.1. The Morgan fingerprint density at radius 2 is 1.92 bits per heavy atom. The first-order chi connectivity index (χ1) is 11.8. The van der Waals surface area contributed by atoms with Crippen LogP contribution in [-0.4, -0.2) is 22.9 Å². The maximum Gasteiger partial charge on any atom is 0.145 e. The highest BCUT2D eigenvalue weighted by Crippen LogP contribution is 2.25. The molecular weight excluding hydrogens is 300 g/mol. The average Bonchev–Trinajstić information content (AvgIpc) is 2.62. The summed E-state index contributed by atoms with van der Waals surface area (Å²) in [4.78, 5) is 4.37. The Hall–Kier alpha value is -3.14. The number of fused-ring (bicyclic) bond motifs is 1. The van der Waals surface area contributed by atoms with Gasteiger partial charge in [0.15, 0.2) is 0 Å². The summed E-state index contributed by atoms with van der Waals surface area (Å²) >= 11 is 0. The van der Waals surface area contributed by atoms with Crippen molar-refractivity contribution in [2.75, 3.05) is 6.61 Å². The number of hydrogen-bond acceptors (Lipinski definition) is 4. The molecule has 2 aromatic carbocycles. The van der Waals surface area contributed by atoms with Gasteiger partial charge in [0.1, 0.15) is 17.0 Å². The number of phenolic OH excluding ortho intramolecular Hbond substituents is 1. The number of benzene rings is 2. The Bertz CT molecular complexity index is 882. The van der Waals surface area contributed by atoms with Gasteiger partial charge in [-0.05, 0) is 29.8 Å². The van der Waals surface area contributed by atoms with Crippen molar-refractivity contribution in [3.05, 3.63) is 71.9 Å². The first-order valence-electron chi connectivity index (χ1n) is 7.74. The maximum atomic E-state index is 10.1. The smallest absolute Gasteiger partial charge is 0.145 e. The first-order valence-corrected chi connectivity index (χ1v) is 7.74. The molecule has 2 N–H and O–H groups in total. The third-order valence-electron chi connectivity index (χ3n) is 3.76. The highest BCUT2D eigenvalue weighted by Gasteiger charge is 2.07. The van der Waals surface area contributed by atoms with Gasteiger partial charge in [-0.2, -0.15) is 0 Å². The molecule has 1 heterocycles. The zero-order chi connectivity index (χ0) is 16.8. The summed E-state index contributed by atoms with van der Waals surface area (Å²) in [6, 6.07) is 15.1. The second-order valence-electron chi connectivity index (χ2n) is 5.30. The van der Waals surface area contributed by atoms with Crippen molar-refractivity contribution in [1.82, 2.24) is 4.98 Å².